The monoisotopic (exact) mass is 436 g/mol. The minimum atomic E-state index is -0.364. The molecule has 2 bridgehead atoms. The van der Waals surface area contributed by atoms with E-state index in [4.69, 9.17) is 9.84 Å². The van der Waals surface area contributed by atoms with Gasteiger partial charge in [-0.15, -0.1) is 0 Å². The van der Waals surface area contributed by atoms with Crippen LogP contribution in [0.25, 0.3) is 0 Å². The second kappa shape index (κ2) is 14.4. The maximum absolute atomic E-state index is 12.2. The summed E-state index contributed by atoms with van der Waals surface area (Å²) in [6, 6.07) is 0. The topological polar surface area (TPSA) is 105 Å². The van der Waals surface area contributed by atoms with Crippen molar-refractivity contribution >= 4 is 17.6 Å². The van der Waals surface area contributed by atoms with Gasteiger partial charge >= 0.3 is 0 Å². The van der Waals surface area contributed by atoms with E-state index in [-0.39, 0.29) is 36.9 Å². The van der Waals surface area contributed by atoms with Crippen molar-refractivity contribution in [2.45, 2.75) is 89.8 Å². The molecular weight excluding hydrogens is 396 g/mol. The van der Waals surface area contributed by atoms with E-state index in [2.05, 4.69) is 29.7 Å². The molecule has 31 heavy (non-hydrogen) atoms. The van der Waals surface area contributed by atoms with E-state index in [0.29, 0.717) is 37.3 Å². The zero-order valence-electron chi connectivity index (χ0n) is 18.9. The second-order valence-electron chi connectivity index (χ2n) is 8.79. The number of carbonyl (C=O) groups is 3. The Hall–Kier alpha value is -1.73. The molecule has 2 aliphatic heterocycles. The molecule has 2 heterocycles. The lowest BCUT2D eigenvalue weighted by Crippen LogP contribution is -2.42. The molecule has 0 saturated carbocycles. The lowest BCUT2D eigenvalue weighted by Gasteiger charge is -2.28. The Morgan fingerprint density at radius 3 is 2.42 bits per heavy atom. The van der Waals surface area contributed by atoms with E-state index < -0.39 is 0 Å². The van der Waals surface area contributed by atoms with Gasteiger partial charge in [0.15, 0.2) is 5.78 Å². The molecule has 7 heteroatoms. The van der Waals surface area contributed by atoms with Crippen LogP contribution in [0.2, 0.25) is 0 Å². The lowest BCUT2D eigenvalue weighted by atomic mass is 9.77. The summed E-state index contributed by atoms with van der Waals surface area (Å²) in [5.74, 6) is 0.482. The molecule has 0 radical (unpaired) electrons. The molecule has 176 valence electrons. The first-order valence-electron chi connectivity index (χ1n) is 12.0. The Kier molecular flexibility index (Phi) is 11.8. The summed E-state index contributed by atoms with van der Waals surface area (Å²) < 4.78 is 6.11. The van der Waals surface area contributed by atoms with Crippen LogP contribution in [0.3, 0.4) is 0 Å². The number of aliphatic hydroxyl groups is 1. The fourth-order valence-electron chi connectivity index (χ4n) is 4.67. The van der Waals surface area contributed by atoms with E-state index in [0.717, 1.165) is 57.8 Å². The summed E-state index contributed by atoms with van der Waals surface area (Å²) in [7, 11) is 0. The van der Waals surface area contributed by atoms with E-state index in [9.17, 15) is 14.4 Å². The highest BCUT2D eigenvalue weighted by Gasteiger charge is 2.48. The SMILES string of the molecule is CCCCCC(=O)NCC(=O)NC[C@@H]1[C@H](CCC=CCCCC(=O)CO)[C@@H]2CC[C@H]1O2. The van der Waals surface area contributed by atoms with Gasteiger partial charge in [-0.1, -0.05) is 31.9 Å². The molecule has 0 spiro atoms. The van der Waals surface area contributed by atoms with Gasteiger partial charge in [-0.05, 0) is 50.9 Å². The maximum atomic E-state index is 12.2. The molecule has 2 aliphatic rings. The Bertz CT molecular complexity index is 607. The largest absolute Gasteiger partial charge is 0.389 e. The summed E-state index contributed by atoms with van der Waals surface area (Å²) in [6.07, 6.45) is 14.5. The molecule has 0 aromatic heterocycles. The summed E-state index contributed by atoms with van der Waals surface area (Å²) in [4.78, 5) is 35.0. The highest BCUT2D eigenvalue weighted by Crippen LogP contribution is 2.45. The van der Waals surface area contributed by atoms with Gasteiger partial charge in [-0.2, -0.15) is 0 Å². The van der Waals surface area contributed by atoms with Crippen LogP contribution in [0.5, 0.6) is 0 Å². The van der Waals surface area contributed by atoms with Crippen molar-refractivity contribution in [2.24, 2.45) is 11.8 Å². The highest BCUT2D eigenvalue weighted by molar-refractivity contribution is 5.84. The molecule has 2 fully saturated rings. The van der Waals surface area contributed by atoms with Crippen LogP contribution in [0.15, 0.2) is 12.2 Å². The first-order chi connectivity index (χ1) is 15.0. The fraction of sp³-hybridized carbons (Fsp3) is 0.792. The van der Waals surface area contributed by atoms with Gasteiger partial charge in [0.05, 0.1) is 18.8 Å². The molecule has 0 aromatic rings. The summed E-state index contributed by atoms with van der Waals surface area (Å²) in [5, 5.41) is 14.4. The van der Waals surface area contributed by atoms with Crippen molar-refractivity contribution in [1.29, 1.82) is 0 Å². The Morgan fingerprint density at radius 1 is 0.935 bits per heavy atom. The number of rotatable bonds is 16. The van der Waals surface area contributed by atoms with Crippen LogP contribution in [-0.2, 0) is 19.1 Å². The molecule has 7 nitrogen and oxygen atoms in total. The zero-order valence-corrected chi connectivity index (χ0v) is 18.9. The van der Waals surface area contributed by atoms with Gasteiger partial charge in [-0.25, -0.2) is 0 Å². The average molecular weight is 437 g/mol. The maximum Gasteiger partial charge on any atom is 0.239 e. The number of hydrogen-bond donors (Lipinski definition) is 3. The summed E-state index contributed by atoms with van der Waals surface area (Å²) >= 11 is 0. The number of ketones is 1. The summed E-state index contributed by atoms with van der Waals surface area (Å²) in [5.41, 5.74) is 0. The molecule has 2 saturated heterocycles. The van der Waals surface area contributed by atoms with Crippen molar-refractivity contribution in [3.8, 4) is 0 Å². The van der Waals surface area contributed by atoms with E-state index >= 15 is 0 Å². The van der Waals surface area contributed by atoms with Crippen LogP contribution in [0.1, 0.15) is 77.6 Å². The molecule has 2 rings (SSSR count). The van der Waals surface area contributed by atoms with Gasteiger partial charge in [0.1, 0.15) is 6.61 Å². The van der Waals surface area contributed by atoms with Gasteiger partial charge in [0.2, 0.25) is 11.8 Å². The van der Waals surface area contributed by atoms with E-state index in [1.54, 1.807) is 0 Å². The summed E-state index contributed by atoms with van der Waals surface area (Å²) in [6.45, 7) is 2.37. The van der Waals surface area contributed by atoms with E-state index in [1.807, 2.05) is 0 Å². The fourth-order valence-corrected chi connectivity index (χ4v) is 4.67. The smallest absolute Gasteiger partial charge is 0.239 e. The highest BCUT2D eigenvalue weighted by atomic mass is 16.5. The molecule has 3 N–H and O–H groups in total. The first kappa shape index (κ1) is 25.5. The Labute approximate surface area is 186 Å². The minimum absolute atomic E-state index is 0.0405. The predicted octanol–water partition coefficient (Wildman–Crippen LogP) is 2.66. The van der Waals surface area contributed by atoms with Crippen LogP contribution >= 0.6 is 0 Å². The average Bonchev–Trinajstić information content (AvgIpc) is 3.37. The third kappa shape index (κ3) is 9.11. The Balaban J connectivity index is 1.65. The number of allylic oxidation sites excluding steroid dienone is 2. The molecular formula is C24H40N2O5. The van der Waals surface area contributed by atoms with Gasteiger partial charge in [0, 0.05) is 25.3 Å². The number of fused-ring (bicyclic) bond motifs is 2. The van der Waals surface area contributed by atoms with Crippen molar-refractivity contribution < 1.29 is 24.2 Å². The number of aliphatic hydroxyl groups excluding tert-OH is 1. The lowest BCUT2D eigenvalue weighted by molar-refractivity contribution is -0.126. The van der Waals surface area contributed by atoms with Crippen molar-refractivity contribution in [1.82, 2.24) is 10.6 Å². The zero-order chi connectivity index (χ0) is 22.5. The minimum Gasteiger partial charge on any atom is -0.389 e. The molecule has 0 aliphatic carbocycles. The Morgan fingerprint density at radius 2 is 1.68 bits per heavy atom. The quantitative estimate of drug-likeness (QED) is 0.255. The standard InChI is InChI=1S/C24H40N2O5/c1-2-3-7-12-23(29)26-16-24(30)25-15-20-19(21-13-14-22(20)31-21)11-9-6-4-5-8-10-18(28)17-27/h4,6,19-22,27H,2-3,5,7-17H2,1H3,(H,25,30)(H,26,29)/t19-,20+,21-,22+/m0/s1. The normalized spacial score (nSPS) is 24.6. The molecule has 2 amide bonds. The third-order valence-corrected chi connectivity index (χ3v) is 6.41. The van der Waals surface area contributed by atoms with Crippen LogP contribution in [-0.4, -0.2) is 54.6 Å². The van der Waals surface area contributed by atoms with Crippen molar-refractivity contribution in [3.05, 3.63) is 12.2 Å². The second-order valence-corrected chi connectivity index (χ2v) is 8.79. The first-order valence-corrected chi connectivity index (χ1v) is 12.0. The predicted molar refractivity (Wildman–Crippen MR) is 119 cm³/mol. The molecule has 0 unspecified atom stereocenters. The number of unbranched alkanes of at least 4 members (excludes halogenated alkanes) is 3. The van der Waals surface area contributed by atoms with Gasteiger partial charge in [-0.3, -0.25) is 14.4 Å². The molecule has 4 atom stereocenters. The van der Waals surface area contributed by atoms with Gasteiger partial charge in [0.25, 0.3) is 0 Å². The van der Waals surface area contributed by atoms with E-state index in [1.165, 1.54) is 0 Å². The number of hydrogen-bond acceptors (Lipinski definition) is 5. The number of nitrogens with one attached hydrogen (secondary N) is 2. The number of Topliss-reactive ketones (excluding diaryl/α,β-unsaturated/α-hetero) is 1. The number of amides is 2. The number of ether oxygens (including phenoxy) is 1. The van der Waals surface area contributed by atoms with Gasteiger partial charge < -0.3 is 20.5 Å². The van der Waals surface area contributed by atoms with Crippen LogP contribution in [0.4, 0.5) is 0 Å². The van der Waals surface area contributed by atoms with Crippen molar-refractivity contribution in [3.63, 3.8) is 0 Å². The van der Waals surface area contributed by atoms with Crippen LogP contribution in [0, 0.1) is 11.8 Å². The number of carbonyl (C=O) groups excluding carboxylic acids is 3. The van der Waals surface area contributed by atoms with Crippen LogP contribution < -0.4 is 10.6 Å². The third-order valence-electron chi connectivity index (χ3n) is 6.41. The van der Waals surface area contributed by atoms with Crippen molar-refractivity contribution in [2.75, 3.05) is 19.7 Å². The molecule has 0 aromatic carbocycles.